The van der Waals surface area contributed by atoms with Crippen molar-refractivity contribution in [2.45, 2.75) is 6.61 Å². The first kappa shape index (κ1) is 26.0. The monoisotopic (exact) mass is 607 g/mol. The molecule has 0 fully saturated rings. The number of methoxy groups -OCH3 is 1. The van der Waals surface area contributed by atoms with Crippen molar-refractivity contribution in [3.63, 3.8) is 0 Å². The van der Waals surface area contributed by atoms with Gasteiger partial charge in [-0.25, -0.2) is 4.98 Å². The lowest BCUT2D eigenvalue weighted by Crippen LogP contribution is -2.20. The van der Waals surface area contributed by atoms with E-state index in [1.54, 1.807) is 43.7 Å². The van der Waals surface area contributed by atoms with Crippen molar-refractivity contribution < 1.29 is 9.47 Å². The molecule has 1 aromatic heterocycles. The highest BCUT2D eigenvalue weighted by Gasteiger charge is 2.14. The van der Waals surface area contributed by atoms with Crippen LogP contribution in [0.4, 0.5) is 0 Å². The van der Waals surface area contributed by atoms with Crippen LogP contribution in [-0.2, 0) is 6.61 Å². The molecule has 0 radical (unpaired) electrons. The molecule has 6 nitrogen and oxygen atoms in total. The van der Waals surface area contributed by atoms with E-state index in [-0.39, 0.29) is 12.2 Å². The van der Waals surface area contributed by atoms with Crippen LogP contribution in [0.15, 0.2) is 99.3 Å². The van der Waals surface area contributed by atoms with Gasteiger partial charge in [0.1, 0.15) is 6.61 Å². The molecule has 190 valence electrons. The molecule has 9 heteroatoms. The Morgan fingerprint density at radius 2 is 1.74 bits per heavy atom. The number of nitrogens with zero attached hydrogens (tertiary/aromatic N) is 3. The van der Waals surface area contributed by atoms with Crippen molar-refractivity contribution >= 4 is 56.2 Å². The summed E-state index contributed by atoms with van der Waals surface area (Å²) in [6.07, 6.45) is 1.58. The second-order valence-corrected chi connectivity index (χ2v) is 9.92. The predicted octanol–water partition coefficient (Wildman–Crippen LogP) is 7.60. The lowest BCUT2D eigenvalue weighted by atomic mass is 10.2. The number of ether oxygens (including phenoxy) is 2. The van der Waals surface area contributed by atoms with Gasteiger partial charge in [-0.05, 0) is 63.5 Å². The number of hydrogen-bond acceptors (Lipinski definition) is 5. The quantitative estimate of drug-likeness (QED) is 0.178. The second kappa shape index (κ2) is 11.4. The summed E-state index contributed by atoms with van der Waals surface area (Å²) in [4.78, 5) is 18.1. The molecule has 5 aromatic rings. The van der Waals surface area contributed by atoms with Gasteiger partial charge in [0.05, 0.1) is 38.7 Å². The standard InChI is InChI=1S/C29H20BrCl2N3O3/c1-37-26-15-19(13-22(30)27(26)38-17-18-11-12-23(31)24(32)14-18)16-33-35-28(20-7-3-2-4-8-20)34-25-10-6-5-9-21(25)29(35)36/h2-16H,17H2,1H3. The molecule has 0 unspecified atom stereocenters. The van der Waals surface area contributed by atoms with Gasteiger partial charge in [-0.2, -0.15) is 9.78 Å². The van der Waals surface area contributed by atoms with Crippen LogP contribution in [0, 0.1) is 0 Å². The molecular formula is C29H20BrCl2N3O3. The Hall–Kier alpha value is -3.65. The molecule has 0 spiro atoms. The van der Waals surface area contributed by atoms with Crippen LogP contribution in [0.3, 0.4) is 0 Å². The maximum atomic E-state index is 13.4. The molecule has 5 rings (SSSR count). The minimum atomic E-state index is -0.265. The van der Waals surface area contributed by atoms with Crippen LogP contribution in [0.1, 0.15) is 11.1 Å². The Labute approximate surface area is 237 Å². The average molecular weight is 609 g/mol. The maximum Gasteiger partial charge on any atom is 0.282 e. The van der Waals surface area contributed by atoms with Crippen molar-refractivity contribution in [2.75, 3.05) is 7.11 Å². The minimum absolute atomic E-state index is 0.262. The minimum Gasteiger partial charge on any atom is -0.493 e. The van der Waals surface area contributed by atoms with E-state index in [2.05, 4.69) is 21.0 Å². The summed E-state index contributed by atoms with van der Waals surface area (Å²) in [7, 11) is 1.56. The molecule has 0 saturated heterocycles. The Balaban J connectivity index is 1.50. The summed E-state index contributed by atoms with van der Waals surface area (Å²) in [6.45, 7) is 0.262. The third kappa shape index (κ3) is 5.45. The topological polar surface area (TPSA) is 65.7 Å². The molecule has 0 aliphatic rings. The van der Waals surface area contributed by atoms with Crippen molar-refractivity contribution in [1.82, 2.24) is 9.66 Å². The third-order valence-electron chi connectivity index (χ3n) is 5.73. The lowest BCUT2D eigenvalue weighted by molar-refractivity contribution is 0.282. The van der Waals surface area contributed by atoms with Gasteiger partial charge in [0, 0.05) is 5.56 Å². The summed E-state index contributed by atoms with van der Waals surface area (Å²) < 4.78 is 13.6. The normalized spacial score (nSPS) is 11.3. The fourth-order valence-electron chi connectivity index (χ4n) is 3.87. The highest BCUT2D eigenvalue weighted by Crippen LogP contribution is 2.37. The summed E-state index contributed by atoms with van der Waals surface area (Å²) in [5.41, 5.74) is 2.66. The highest BCUT2D eigenvalue weighted by atomic mass is 79.9. The fraction of sp³-hybridized carbons (Fsp3) is 0.0690. The number of fused-ring (bicyclic) bond motifs is 1. The van der Waals surface area contributed by atoms with Gasteiger partial charge in [-0.1, -0.05) is 71.7 Å². The van der Waals surface area contributed by atoms with Crippen LogP contribution in [-0.4, -0.2) is 23.0 Å². The summed E-state index contributed by atoms with van der Waals surface area (Å²) in [5, 5.41) is 5.95. The Kier molecular flexibility index (Phi) is 7.79. The summed E-state index contributed by atoms with van der Waals surface area (Å²) >= 11 is 15.7. The molecule has 0 atom stereocenters. The molecule has 0 aliphatic carbocycles. The molecule has 0 amide bonds. The van der Waals surface area contributed by atoms with Gasteiger partial charge in [0.2, 0.25) is 0 Å². The van der Waals surface area contributed by atoms with E-state index >= 15 is 0 Å². The van der Waals surface area contributed by atoms with Gasteiger partial charge >= 0.3 is 0 Å². The molecule has 0 N–H and O–H groups in total. The zero-order valence-corrected chi connectivity index (χ0v) is 23.2. The smallest absolute Gasteiger partial charge is 0.282 e. The second-order valence-electron chi connectivity index (χ2n) is 8.25. The van der Waals surface area contributed by atoms with E-state index in [0.29, 0.717) is 48.3 Å². The van der Waals surface area contributed by atoms with Gasteiger partial charge in [0.15, 0.2) is 17.3 Å². The third-order valence-corrected chi connectivity index (χ3v) is 7.06. The first-order chi connectivity index (χ1) is 18.4. The summed E-state index contributed by atoms with van der Waals surface area (Å²) in [5.74, 6) is 1.46. The van der Waals surface area contributed by atoms with Gasteiger partial charge < -0.3 is 9.47 Å². The number of benzene rings is 4. The highest BCUT2D eigenvalue weighted by molar-refractivity contribution is 9.10. The summed E-state index contributed by atoms with van der Waals surface area (Å²) in [6, 6.07) is 25.6. The van der Waals surface area contributed by atoms with Gasteiger partial charge in [0.25, 0.3) is 5.56 Å². The Morgan fingerprint density at radius 1 is 0.974 bits per heavy atom. The van der Waals surface area contributed by atoms with E-state index in [0.717, 1.165) is 11.1 Å². The zero-order chi connectivity index (χ0) is 26.6. The van der Waals surface area contributed by atoms with Crippen LogP contribution in [0.25, 0.3) is 22.3 Å². The first-order valence-corrected chi connectivity index (χ1v) is 13.1. The molecule has 0 saturated carbocycles. The largest absolute Gasteiger partial charge is 0.493 e. The van der Waals surface area contributed by atoms with E-state index < -0.39 is 0 Å². The Bertz CT molecular complexity index is 1720. The number of halogens is 3. The molecule has 4 aromatic carbocycles. The number of para-hydroxylation sites is 1. The van der Waals surface area contributed by atoms with Crippen LogP contribution in [0.2, 0.25) is 10.0 Å². The van der Waals surface area contributed by atoms with Crippen molar-refractivity contribution in [3.05, 3.63) is 121 Å². The molecule has 1 heterocycles. The Morgan fingerprint density at radius 3 is 2.50 bits per heavy atom. The predicted molar refractivity (Wildman–Crippen MR) is 156 cm³/mol. The average Bonchev–Trinajstić information content (AvgIpc) is 2.94. The maximum absolute atomic E-state index is 13.4. The number of hydrogen-bond donors (Lipinski definition) is 0. The van der Waals surface area contributed by atoms with E-state index in [1.807, 2.05) is 54.6 Å². The molecule has 0 aliphatic heterocycles. The molecule has 38 heavy (non-hydrogen) atoms. The van der Waals surface area contributed by atoms with Gasteiger partial charge in [-0.15, -0.1) is 0 Å². The lowest BCUT2D eigenvalue weighted by Gasteiger charge is -2.14. The van der Waals surface area contributed by atoms with Crippen LogP contribution >= 0.6 is 39.1 Å². The van der Waals surface area contributed by atoms with E-state index in [9.17, 15) is 4.79 Å². The van der Waals surface area contributed by atoms with Crippen molar-refractivity contribution in [2.24, 2.45) is 5.10 Å². The van der Waals surface area contributed by atoms with E-state index in [1.165, 1.54) is 4.68 Å². The van der Waals surface area contributed by atoms with Gasteiger partial charge in [-0.3, -0.25) is 4.79 Å². The van der Waals surface area contributed by atoms with Crippen LogP contribution in [0.5, 0.6) is 11.5 Å². The fourth-order valence-corrected chi connectivity index (χ4v) is 4.76. The number of aromatic nitrogens is 2. The zero-order valence-electron chi connectivity index (χ0n) is 20.1. The van der Waals surface area contributed by atoms with Crippen LogP contribution < -0.4 is 15.0 Å². The molecule has 0 bridgehead atoms. The van der Waals surface area contributed by atoms with Crippen molar-refractivity contribution in [1.29, 1.82) is 0 Å². The molecular weight excluding hydrogens is 589 g/mol. The van der Waals surface area contributed by atoms with E-state index in [4.69, 9.17) is 37.7 Å². The number of rotatable bonds is 7. The van der Waals surface area contributed by atoms with Crippen molar-refractivity contribution in [3.8, 4) is 22.9 Å². The first-order valence-electron chi connectivity index (χ1n) is 11.5. The SMILES string of the molecule is COc1cc(C=Nn2c(-c3ccccc3)nc3ccccc3c2=O)cc(Br)c1OCc1ccc(Cl)c(Cl)c1.